The van der Waals surface area contributed by atoms with Crippen molar-refractivity contribution in [1.29, 1.82) is 0 Å². The molecule has 0 aliphatic carbocycles. The predicted molar refractivity (Wildman–Crippen MR) is 73.1 cm³/mol. The molecule has 96 valence electrons. The van der Waals surface area contributed by atoms with Crippen LogP contribution in [0.1, 0.15) is 17.0 Å². The van der Waals surface area contributed by atoms with Crippen LogP contribution < -0.4 is 10.5 Å². The summed E-state index contributed by atoms with van der Waals surface area (Å²) in [6.45, 7) is 1.97. The van der Waals surface area contributed by atoms with Gasteiger partial charge in [0, 0.05) is 10.7 Å². The Morgan fingerprint density at radius 2 is 2.17 bits per heavy atom. The summed E-state index contributed by atoms with van der Waals surface area (Å²) in [5, 5.41) is 0.712. The SMILES string of the molecule is COc1ccc(Cl)cc1CCc1nc(N)[nH]c1C. The van der Waals surface area contributed by atoms with Crippen LogP contribution in [-0.2, 0) is 12.8 Å². The molecule has 4 nitrogen and oxygen atoms in total. The zero-order valence-electron chi connectivity index (χ0n) is 10.5. The summed E-state index contributed by atoms with van der Waals surface area (Å²) < 4.78 is 5.31. The molecule has 1 aromatic carbocycles. The molecule has 2 aromatic rings. The second-order valence-electron chi connectivity index (χ2n) is 4.15. The summed E-state index contributed by atoms with van der Waals surface area (Å²) in [5.41, 5.74) is 8.68. The number of aryl methyl sites for hydroxylation is 3. The monoisotopic (exact) mass is 265 g/mol. The fourth-order valence-corrected chi connectivity index (χ4v) is 2.16. The van der Waals surface area contributed by atoms with E-state index in [-0.39, 0.29) is 0 Å². The van der Waals surface area contributed by atoms with Crippen LogP contribution in [0.3, 0.4) is 0 Å². The van der Waals surface area contributed by atoms with E-state index >= 15 is 0 Å². The Morgan fingerprint density at radius 1 is 1.39 bits per heavy atom. The van der Waals surface area contributed by atoms with Crippen molar-refractivity contribution in [2.45, 2.75) is 19.8 Å². The van der Waals surface area contributed by atoms with Crippen molar-refractivity contribution in [2.75, 3.05) is 12.8 Å². The summed E-state index contributed by atoms with van der Waals surface area (Å²) in [7, 11) is 1.66. The zero-order valence-corrected chi connectivity index (χ0v) is 11.2. The average Bonchev–Trinajstić information content (AvgIpc) is 2.65. The van der Waals surface area contributed by atoms with Gasteiger partial charge in [-0.15, -0.1) is 0 Å². The molecule has 0 bridgehead atoms. The highest BCUT2D eigenvalue weighted by atomic mass is 35.5. The van der Waals surface area contributed by atoms with Gasteiger partial charge in [-0.05, 0) is 43.5 Å². The van der Waals surface area contributed by atoms with Crippen LogP contribution in [0, 0.1) is 6.92 Å². The Bertz CT molecular complexity index is 551. The largest absolute Gasteiger partial charge is 0.496 e. The number of hydrogen-bond acceptors (Lipinski definition) is 3. The fraction of sp³-hybridized carbons (Fsp3) is 0.308. The van der Waals surface area contributed by atoms with Crippen molar-refractivity contribution in [1.82, 2.24) is 9.97 Å². The molecule has 0 fully saturated rings. The Morgan fingerprint density at radius 3 is 2.78 bits per heavy atom. The number of halogens is 1. The molecule has 0 atom stereocenters. The Balaban J connectivity index is 2.14. The van der Waals surface area contributed by atoms with Crippen molar-refractivity contribution in [3.8, 4) is 5.75 Å². The second-order valence-corrected chi connectivity index (χ2v) is 4.59. The van der Waals surface area contributed by atoms with Crippen LogP contribution in [0.4, 0.5) is 5.95 Å². The van der Waals surface area contributed by atoms with Gasteiger partial charge in [-0.3, -0.25) is 0 Å². The molecular formula is C13H16ClN3O. The molecule has 0 unspecified atom stereocenters. The molecule has 2 rings (SSSR count). The van der Waals surface area contributed by atoms with E-state index in [0.29, 0.717) is 11.0 Å². The quantitative estimate of drug-likeness (QED) is 0.893. The Kier molecular flexibility index (Phi) is 3.77. The Labute approximate surface area is 111 Å². The van der Waals surface area contributed by atoms with Gasteiger partial charge in [0.05, 0.1) is 12.8 Å². The lowest BCUT2D eigenvalue weighted by molar-refractivity contribution is 0.409. The van der Waals surface area contributed by atoms with Crippen molar-refractivity contribution in [2.24, 2.45) is 0 Å². The van der Waals surface area contributed by atoms with Gasteiger partial charge >= 0.3 is 0 Å². The van der Waals surface area contributed by atoms with Gasteiger partial charge in [0.15, 0.2) is 5.95 Å². The minimum absolute atomic E-state index is 0.459. The lowest BCUT2D eigenvalue weighted by atomic mass is 10.1. The number of H-pyrrole nitrogens is 1. The second kappa shape index (κ2) is 5.31. The van der Waals surface area contributed by atoms with Crippen molar-refractivity contribution in [3.05, 3.63) is 40.2 Å². The van der Waals surface area contributed by atoms with E-state index in [1.54, 1.807) is 7.11 Å². The number of ether oxygens (including phenoxy) is 1. The number of aromatic amines is 1. The molecule has 0 saturated heterocycles. The first-order chi connectivity index (χ1) is 8.60. The molecule has 0 radical (unpaired) electrons. The van der Waals surface area contributed by atoms with Crippen LogP contribution >= 0.6 is 11.6 Å². The number of benzene rings is 1. The topological polar surface area (TPSA) is 63.9 Å². The van der Waals surface area contributed by atoms with Crippen LogP contribution in [-0.4, -0.2) is 17.1 Å². The maximum atomic E-state index is 5.99. The number of rotatable bonds is 4. The smallest absolute Gasteiger partial charge is 0.197 e. The number of nitrogens with two attached hydrogens (primary N) is 1. The van der Waals surface area contributed by atoms with Gasteiger partial charge < -0.3 is 15.5 Å². The number of nitrogens with one attached hydrogen (secondary N) is 1. The van der Waals surface area contributed by atoms with E-state index in [0.717, 1.165) is 35.5 Å². The van der Waals surface area contributed by atoms with E-state index < -0.39 is 0 Å². The van der Waals surface area contributed by atoms with Crippen molar-refractivity contribution >= 4 is 17.5 Å². The van der Waals surface area contributed by atoms with E-state index in [2.05, 4.69) is 9.97 Å². The highest BCUT2D eigenvalue weighted by molar-refractivity contribution is 6.30. The van der Waals surface area contributed by atoms with Crippen molar-refractivity contribution < 1.29 is 4.74 Å². The summed E-state index contributed by atoms with van der Waals surface area (Å²) in [4.78, 5) is 7.24. The molecule has 1 heterocycles. The normalized spacial score (nSPS) is 10.6. The predicted octanol–water partition coefficient (Wildman–Crippen LogP) is 2.75. The minimum Gasteiger partial charge on any atom is -0.496 e. The van der Waals surface area contributed by atoms with Crippen LogP contribution in [0.2, 0.25) is 5.02 Å². The first-order valence-electron chi connectivity index (χ1n) is 5.73. The zero-order chi connectivity index (χ0) is 13.1. The molecule has 18 heavy (non-hydrogen) atoms. The third kappa shape index (κ3) is 2.76. The van der Waals surface area contributed by atoms with Crippen LogP contribution in [0.25, 0.3) is 0 Å². The maximum Gasteiger partial charge on any atom is 0.197 e. The number of imidazole rings is 1. The van der Waals surface area contributed by atoms with Crippen molar-refractivity contribution in [3.63, 3.8) is 0 Å². The summed E-state index contributed by atoms with van der Waals surface area (Å²) in [5.74, 6) is 1.31. The number of nitrogens with zero attached hydrogens (tertiary/aromatic N) is 1. The first kappa shape index (κ1) is 12.8. The highest BCUT2D eigenvalue weighted by Crippen LogP contribution is 2.24. The molecule has 0 spiro atoms. The molecule has 0 amide bonds. The van der Waals surface area contributed by atoms with Gasteiger partial charge in [-0.25, -0.2) is 4.98 Å². The first-order valence-corrected chi connectivity index (χ1v) is 6.11. The van der Waals surface area contributed by atoms with E-state index in [1.807, 2.05) is 25.1 Å². The number of anilines is 1. The Hall–Kier alpha value is -1.68. The molecule has 3 N–H and O–H groups in total. The summed E-state index contributed by atoms with van der Waals surface area (Å²) >= 11 is 5.99. The molecular weight excluding hydrogens is 250 g/mol. The molecule has 0 aliphatic rings. The van der Waals surface area contributed by atoms with E-state index in [4.69, 9.17) is 22.1 Å². The molecule has 5 heteroatoms. The summed E-state index contributed by atoms with van der Waals surface area (Å²) in [6, 6.07) is 5.62. The lowest BCUT2D eigenvalue weighted by Crippen LogP contribution is -1.97. The van der Waals surface area contributed by atoms with Gasteiger partial charge in [-0.1, -0.05) is 11.6 Å². The molecule has 1 aromatic heterocycles. The number of nitrogen functional groups attached to an aromatic ring is 1. The van der Waals surface area contributed by atoms with Crippen LogP contribution in [0.15, 0.2) is 18.2 Å². The third-order valence-electron chi connectivity index (χ3n) is 2.88. The maximum absolute atomic E-state index is 5.99. The lowest BCUT2D eigenvalue weighted by Gasteiger charge is -2.08. The molecule has 0 aliphatic heterocycles. The van der Waals surface area contributed by atoms with Gasteiger partial charge in [0.25, 0.3) is 0 Å². The fourth-order valence-electron chi connectivity index (χ4n) is 1.96. The van der Waals surface area contributed by atoms with Gasteiger partial charge in [0.2, 0.25) is 0 Å². The number of methoxy groups -OCH3 is 1. The van der Waals surface area contributed by atoms with Gasteiger partial charge in [0.1, 0.15) is 5.75 Å². The molecule has 0 saturated carbocycles. The summed E-state index contributed by atoms with van der Waals surface area (Å²) in [6.07, 6.45) is 1.62. The number of hydrogen-bond donors (Lipinski definition) is 2. The number of aromatic nitrogens is 2. The minimum atomic E-state index is 0.459. The standard InChI is InChI=1S/C13H16ClN3O/c1-8-11(17-13(15)16-8)5-3-9-7-10(14)4-6-12(9)18-2/h4,6-7H,3,5H2,1-2H3,(H3,15,16,17). The third-order valence-corrected chi connectivity index (χ3v) is 3.11. The van der Waals surface area contributed by atoms with Gasteiger partial charge in [-0.2, -0.15) is 0 Å². The van der Waals surface area contributed by atoms with E-state index in [1.165, 1.54) is 0 Å². The average molecular weight is 266 g/mol. The van der Waals surface area contributed by atoms with E-state index in [9.17, 15) is 0 Å². The highest BCUT2D eigenvalue weighted by Gasteiger charge is 2.08. The van der Waals surface area contributed by atoms with Crippen LogP contribution in [0.5, 0.6) is 5.75 Å².